The topological polar surface area (TPSA) is 89.0 Å². The van der Waals surface area contributed by atoms with E-state index in [4.69, 9.17) is 25.8 Å². The predicted molar refractivity (Wildman–Crippen MR) is 99.5 cm³/mol. The molecule has 0 aliphatic heterocycles. The summed E-state index contributed by atoms with van der Waals surface area (Å²) in [5.41, 5.74) is 1.02. The molecule has 2 aromatic rings. The predicted octanol–water partition coefficient (Wildman–Crippen LogP) is 3.22. The van der Waals surface area contributed by atoms with E-state index >= 15 is 0 Å². The van der Waals surface area contributed by atoms with E-state index in [1.54, 1.807) is 36.4 Å². The van der Waals surface area contributed by atoms with Crippen molar-refractivity contribution in [2.24, 2.45) is 0 Å². The van der Waals surface area contributed by atoms with Gasteiger partial charge in [-0.25, -0.2) is 4.79 Å². The van der Waals surface area contributed by atoms with Crippen LogP contribution in [0.1, 0.15) is 11.7 Å². The second kappa shape index (κ2) is 9.17. The molecule has 0 aromatic heterocycles. The molecule has 3 N–H and O–H groups in total. The first-order chi connectivity index (χ1) is 12.5. The number of aliphatic hydroxyl groups excluding tert-OH is 1. The molecule has 0 fully saturated rings. The average Bonchev–Trinajstić information content (AvgIpc) is 2.65. The summed E-state index contributed by atoms with van der Waals surface area (Å²) in [6, 6.07) is 9.47. The molecular weight excluding hydrogens is 360 g/mol. The van der Waals surface area contributed by atoms with Crippen LogP contribution < -0.4 is 24.8 Å². The molecule has 1 unspecified atom stereocenters. The minimum atomic E-state index is -0.967. The molecule has 140 valence electrons. The summed E-state index contributed by atoms with van der Waals surface area (Å²) >= 11 is 6.02. The number of rotatable bonds is 7. The molecule has 2 rings (SSSR count). The Labute approximate surface area is 156 Å². The van der Waals surface area contributed by atoms with Gasteiger partial charge in [-0.3, -0.25) is 0 Å². The normalized spacial score (nSPS) is 11.4. The molecule has 0 heterocycles. The molecule has 0 spiro atoms. The Morgan fingerprint density at radius 1 is 1.08 bits per heavy atom. The minimum absolute atomic E-state index is 0.0146. The highest BCUT2D eigenvalue weighted by molar-refractivity contribution is 6.32. The first kappa shape index (κ1) is 19.7. The van der Waals surface area contributed by atoms with Crippen molar-refractivity contribution in [1.82, 2.24) is 5.32 Å². The SMILES string of the molecule is COc1ccc(OC)c(C(O)CNC(=O)Nc2ccc(OC)c(Cl)c2)c1. The lowest BCUT2D eigenvalue weighted by Crippen LogP contribution is -2.32. The minimum Gasteiger partial charge on any atom is -0.497 e. The number of hydrogen-bond donors (Lipinski definition) is 3. The molecule has 26 heavy (non-hydrogen) atoms. The third-order valence-corrected chi connectivity index (χ3v) is 3.96. The standard InChI is InChI=1S/C18H21ClN2O5/c1-24-12-5-7-16(25-2)13(9-12)15(22)10-20-18(23)21-11-4-6-17(26-3)14(19)8-11/h4-9,15,22H,10H2,1-3H3,(H2,20,21,23). The van der Waals surface area contributed by atoms with Crippen LogP contribution >= 0.6 is 11.6 Å². The quantitative estimate of drug-likeness (QED) is 0.686. The molecule has 0 saturated carbocycles. The molecule has 8 heteroatoms. The number of urea groups is 1. The fraction of sp³-hybridized carbons (Fsp3) is 0.278. The highest BCUT2D eigenvalue weighted by Crippen LogP contribution is 2.29. The third kappa shape index (κ3) is 4.93. The molecule has 2 aromatic carbocycles. The molecular formula is C18H21ClN2O5. The van der Waals surface area contributed by atoms with Gasteiger partial charge in [-0.2, -0.15) is 0 Å². The summed E-state index contributed by atoms with van der Waals surface area (Å²) in [6.07, 6.45) is -0.967. The summed E-state index contributed by atoms with van der Waals surface area (Å²) in [6.45, 7) is -0.0146. The second-order valence-electron chi connectivity index (χ2n) is 5.31. The van der Waals surface area contributed by atoms with E-state index in [9.17, 15) is 9.90 Å². The van der Waals surface area contributed by atoms with Crippen LogP contribution in [-0.2, 0) is 0 Å². The number of carbonyl (C=O) groups excluding carboxylic acids is 1. The van der Waals surface area contributed by atoms with Gasteiger partial charge in [-0.1, -0.05) is 11.6 Å². The number of methoxy groups -OCH3 is 3. The Bertz CT molecular complexity index is 769. The lowest BCUT2D eigenvalue weighted by molar-refractivity contribution is 0.170. The van der Waals surface area contributed by atoms with Crippen LogP contribution in [0.4, 0.5) is 10.5 Å². The van der Waals surface area contributed by atoms with Gasteiger partial charge in [-0.05, 0) is 36.4 Å². The lowest BCUT2D eigenvalue weighted by atomic mass is 10.1. The summed E-state index contributed by atoms with van der Waals surface area (Å²) in [5, 5.41) is 16.0. The maximum atomic E-state index is 12.0. The van der Waals surface area contributed by atoms with Crippen molar-refractivity contribution in [3.63, 3.8) is 0 Å². The van der Waals surface area contributed by atoms with Crippen LogP contribution in [-0.4, -0.2) is 39.0 Å². The van der Waals surface area contributed by atoms with Gasteiger partial charge in [0, 0.05) is 17.8 Å². The van der Waals surface area contributed by atoms with Crippen molar-refractivity contribution in [2.45, 2.75) is 6.10 Å². The molecule has 1 atom stereocenters. The Morgan fingerprint density at radius 2 is 1.77 bits per heavy atom. The smallest absolute Gasteiger partial charge is 0.319 e. The Hall–Kier alpha value is -2.64. The van der Waals surface area contributed by atoms with E-state index in [0.717, 1.165) is 0 Å². The Kier molecular flexibility index (Phi) is 6.94. The van der Waals surface area contributed by atoms with E-state index in [-0.39, 0.29) is 6.54 Å². The van der Waals surface area contributed by atoms with Crippen LogP contribution in [0.25, 0.3) is 0 Å². The number of halogens is 1. The van der Waals surface area contributed by atoms with Crippen LogP contribution in [0.3, 0.4) is 0 Å². The van der Waals surface area contributed by atoms with Crippen LogP contribution in [0.5, 0.6) is 17.2 Å². The van der Waals surface area contributed by atoms with Crippen molar-refractivity contribution >= 4 is 23.3 Å². The molecule has 0 bridgehead atoms. The summed E-state index contributed by atoms with van der Waals surface area (Å²) in [7, 11) is 4.55. The van der Waals surface area contributed by atoms with Crippen LogP contribution in [0.15, 0.2) is 36.4 Å². The van der Waals surface area contributed by atoms with Gasteiger partial charge in [0.25, 0.3) is 0 Å². The van der Waals surface area contributed by atoms with Gasteiger partial charge in [0.15, 0.2) is 0 Å². The molecule has 0 aliphatic rings. The summed E-state index contributed by atoms with van der Waals surface area (Å²) in [5.74, 6) is 1.60. The van der Waals surface area contributed by atoms with Gasteiger partial charge in [-0.15, -0.1) is 0 Å². The number of nitrogens with one attached hydrogen (secondary N) is 2. The van der Waals surface area contributed by atoms with Crippen molar-refractivity contribution < 1.29 is 24.1 Å². The fourth-order valence-electron chi connectivity index (χ4n) is 2.32. The van der Waals surface area contributed by atoms with Gasteiger partial charge in [0.05, 0.1) is 26.4 Å². The fourth-order valence-corrected chi connectivity index (χ4v) is 2.58. The maximum absolute atomic E-state index is 12.0. The number of anilines is 1. The lowest BCUT2D eigenvalue weighted by Gasteiger charge is -2.17. The zero-order valence-corrected chi connectivity index (χ0v) is 15.5. The molecule has 0 aliphatic carbocycles. The zero-order valence-electron chi connectivity index (χ0n) is 14.7. The summed E-state index contributed by atoms with van der Waals surface area (Å²) < 4.78 is 15.4. The monoisotopic (exact) mass is 380 g/mol. The zero-order chi connectivity index (χ0) is 19.1. The average molecular weight is 381 g/mol. The van der Waals surface area contributed by atoms with Gasteiger partial charge in [0.2, 0.25) is 0 Å². The molecule has 0 saturated heterocycles. The van der Waals surface area contributed by atoms with Crippen molar-refractivity contribution in [3.05, 3.63) is 47.0 Å². The van der Waals surface area contributed by atoms with E-state index < -0.39 is 12.1 Å². The van der Waals surface area contributed by atoms with E-state index in [2.05, 4.69) is 10.6 Å². The third-order valence-electron chi connectivity index (χ3n) is 3.66. The van der Waals surface area contributed by atoms with Crippen LogP contribution in [0, 0.1) is 0 Å². The van der Waals surface area contributed by atoms with Gasteiger partial charge in [0.1, 0.15) is 23.4 Å². The largest absolute Gasteiger partial charge is 0.497 e. The van der Waals surface area contributed by atoms with E-state index in [0.29, 0.717) is 33.5 Å². The van der Waals surface area contributed by atoms with Crippen LogP contribution in [0.2, 0.25) is 5.02 Å². The number of ether oxygens (including phenoxy) is 3. The molecule has 7 nitrogen and oxygen atoms in total. The van der Waals surface area contributed by atoms with Crippen molar-refractivity contribution in [3.8, 4) is 17.2 Å². The summed E-state index contributed by atoms with van der Waals surface area (Å²) in [4.78, 5) is 12.0. The van der Waals surface area contributed by atoms with E-state index in [1.807, 2.05) is 0 Å². The number of hydrogen-bond acceptors (Lipinski definition) is 5. The first-order valence-corrected chi connectivity index (χ1v) is 8.14. The number of aliphatic hydroxyl groups is 1. The highest BCUT2D eigenvalue weighted by Gasteiger charge is 2.16. The Balaban J connectivity index is 1.97. The number of benzene rings is 2. The van der Waals surface area contributed by atoms with E-state index in [1.165, 1.54) is 21.3 Å². The highest BCUT2D eigenvalue weighted by atomic mass is 35.5. The van der Waals surface area contributed by atoms with Gasteiger partial charge >= 0.3 is 6.03 Å². The maximum Gasteiger partial charge on any atom is 0.319 e. The number of carbonyl (C=O) groups is 1. The first-order valence-electron chi connectivity index (χ1n) is 7.76. The molecule has 0 radical (unpaired) electrons. The van der Waals surface area contributed by atoms with Crippen molar-refractivity contribution in [2.75, 3.05) is 33.2 Å². The van der Waals surface area contributed by atoms with Gasteiger partial charge < -0.3 is 30.0 Å². The Morgan fingerprint density at radius 3 is 2.38 bits per heavy atom. The molecule has 2 amide bonds. The number of amides is 2. The second-order valence-corrected chi connectivity index (χ2v) is 5.72. The van der Waals surface area contributed by atoms with Crippen molar-refractivity contribution in [1.29, 1.82) is 0 Å².